The molecule has 0 saturated heterocycles. The van der Waals surface area contributed by atoms with E-state index in [-0.39, 0.29) is 23.7 Å². The molecule has 2 N–H and O–H groups in total. The molecule has 0 radical (unpaired) electrons. The molecule has 8 nitrogen and oxygen atoms in total. The van der Waals surface area contributed by atoms with Crippen LogP contribution in [0.4, 0.5) is 0 Å². The number of carbonyl (C=O) groups is 2. The first-order valence-corrected chi connectivity index (χ1v) is 11.8. The third-order valence-corrected chi connectivity index (χ3v) is 6.27. The molecule has 0 aromatic heterocycles. The molecule has 0 bridgehead atoms. The minimum Gasteiger partial charge on any atom is -0.469 e. The van der Waals surface area contributed by atoms with Crippen molar-refractivity contribution < 1.29 is 31.7 Å². The SMILES string of the molecule is COC(=O)CC(N)C(C(=O)OCc1ccccc1)c1ccc(OS(=O)(=O)c2ccccc2)cc1. The van der Waals surface area contributed by atoms with E-state index in [0.717, 1.165) is 5.56 Å². The van der Waals surface area contributed by atoms with Gasteiger partial charge < -0.3 is 19.4 Å². The van der Waals surface area contributed by atoms with Crippen LogP contribution in [0.1, 0.15) is 23.5 Å². The standard InChI is InChI=1S/C25H25NO7S/c1-31-23(27)16-22(26)24(25(28)32-17-18-8-4-2-5-9-18)19-12-14-20(15-13-19)33-34(29,30)21-10-6-3-7-11-21/h2-15,22,24H,16-17,26H2,1H3. The van der Waals surface area contributed by atoms with Crippen molar-refractivity contribution in [3.63, 3.8) is 0 Å². The zero-order chi connectivity index (χ0) is 24.6. The predicted octanol–water partition coefficient (Wildman–Crippen LogP) is 3.17. The Hall–Kier alpha value is -3.69. The van der Waals surface area contributed by atoms with Gasteiger partial charge in [-0.15, -0.1) is 0 Å². The maximum atomic E-state index is 12.9. The summed E-state index contributed by atoms with van der Waals surface area (Å²) in [5, 5.41) is 0. The molecule has 0 aliphatic rings. The van der Waals surface area contributed by atoms with Crippen LogP contribution in [0.15, 0.2) is 89.8 Å². The largest absolute Gasteiger partial charge is 0.469 e. The van der Waals surface area contributed by atoms with Crippen molar-refractivity contribution in [2.75, 3.05) is 7.11 Å². The maximum absolute atomic E-state index is 12.9. The van der Waals surface area contributed by atoms with E-state index < -0.39 is 34.0 Å². The second-order valence-corrected chi connectivity index (χ2v) is 8.98. The highest BCUT2D eigenvalue weighted by Gasteiger charge is 2.31. The van der Waals surface area contributed by atoms with Crippen molar-refractivity contribution in [2.24, 2.45) is 5.73 Å². The monoisotopic (exact) mass is 483 g/mol. The van der Waals surface area contributed by atoms with Gasteiger partial charge in [0.1, 0.15) is 17.3 Å². The van der Waals surface area contributed by atoms with Crippen molar-refractivity contribution in [2.45, 2.75) is 29.9 Å². The summed E-state index contributed by atoms with van der Waals surface area (Å²) >= 11 is 0. The number of benzene rings is 3. The first kappa shape index (κ1) is 24.9. The van der Waals surface area contributed by atoms with Gasteiger partial charge in [-0.2, -0.15) is 8.42 Å². The molecule has 3 aromatic carbocycles. The molecule has 0 aliphatic carbocycles. The number of nitrogens with two attached hydrogens (primary N) is 1. The van der Waals surface area contributed by atoms with Crippen LogP contribution in [-0.2, 0) is 35.8 Å². The lowest BCUT2D eigenvalue weighted by molar-refractivity contribution is -0.148. The van der Waals surface area contributed by atoms with Crippen LogP contribution in [0.5, 0.6) is 5.75 Å². The molecule has 0 spiro atoms. The Morgan fingerprint density at radius 1 is 0.882 bits per heavy atom. The summed E-state index contributed by atoms with van der Waals surface area (Å²) in [5.41, 5.74) is 7.42. The first-order valence-electron chi connectivity index (χ1n) is 10.4. The van der Waals surface area contributed by atoms with Crippen molar-refractivity contribution in [1.29, 1.82) is 0 Å². The lowest BCUT2D eigenvalue weighted by Crippen LogP contribution is -2.37. The highest BCUT2D eigenvalue weighted by Crippen LogP contribution is 2.27. The Labute approximate surface area is 198 Å². The fourth-order valence-corrected chi connectivity index (χ4v) is 4.21. The molecule has 0 heterocycles. The van der Waals surface area contributed by atoms with Crippen molar-refractivity contribution >= 4 is 22.1 Å². The van der Waals surface area contributed by atoms with E-state index in [1.54, 1.807) is 18.2 Å². The van der Waals surface area contributed by atoms with Gasteiger partial charge in [-0.05, 0) is 35.4 Å². The summed E-state index contributed by atoms with van der Waals surface area (Å²) in [6.45, 7) is 0.0393. The third kappa shape index (κ3) is 6.66. The van der Waals surface area contributed by atoms with E-state index in [2.05, 4.69) is 4.74 Å². The molecule has 0 amide bonds. The van der Waals surface area contributed by atoms with Crippen LogP contribution in [-0.4, -0.2) is 33.5 Å². The van der Waals surface area contributed by atoms with Gasteiger partial charge in [0.05, 0.1) is 19.4 Å². The molecule has 2 unspecified atom stereocenters. The molecule has 178 valence electrons. The predicted molar refractivity (Wildman–Crippen MR) is 124 cm³/mol. The van der Waals surface area contributed by atoms with E-state index >= 15 is 0 Å². The summed E-state index contributed by atoms with van der Waals surface area (Å²) in [6.07, 6.45) is -0.206. The Kier molecular flexibility index (Phi) is 8.39. The highest BCUT2D eigenvalue weighted by atomic mass is 32.2. The van der Waals surface area contributed by atoms with Gasteiger partial charge >= 0.3 is 22.1 Å². The van der Waals surface area contributed by atoms with Gasteiger partial charge in [0.15, 0.2) is 0 Å². The number of carbonyl (C=O) groups excluding carboxylic acids is 2. The number of hydrogen-bond donors (Lipinski definition) is 1. The van der Waals surface area contributed by atoms with Gasteiger partial charge in [0, 0.05) is 6.04 Å². The van der Waals surface area contributed by atoms with Crippen LogP contribution < -0.4 is 9.92 Å². The van der Waals surface area contributed by atoms with E-state index in [0.29, 0.717) is 5.56 Å². The molecular weight excluding hydrogens is 458 g/mol. The van der Waals surface area contributed by atoms with E-state index in [4.69, 9.17) is 14.7 Å². The van der Waals surface area contributed by atoms with Crippen molar-refractivity contribution in [3.8, 4) is 5.75 Å². The Bertz CT molecular complexity index is 1200. The van der Waals surface area contributed by atoms with Gasteiger partial charge in [-0.3, -0.25) is 9.59 Å². The number of esters is 2. The summed E-state index contributed by atoms with van der Waals surface area (Å²) in [7, 11) is -2.78. The lowest BCUT2D eigenvalue weighted by atomic mass is 9.90. The average molecular weight is 484 g/mol. The third-order valence-electron chi connectivity index (χ3n) is 5.01. The number of methoxy groups -OCH3 is 1. The zero-order valence-electron chi connectivity index (χ0n) is 18.5. The van der Waals surface area contributed by atoms with Gasteiger partial charge in [-0.1, -0.05) is 60.7 Å². The smallest absolute Gasteiger partial charge is 0.339 e. The number of rotatable bonds is 10. The maximum Gasteiger partial charge on any atom is 0.339 e. The van der Waals surface area contributed by atoms with Crippen LogP contribution in [0.25, 0.3) is 0 Å². The second-order valence-electron chi connectivity index (χ2n) is 7.43. The molecule has 9 heteroatoms. The highest BCUT2D eigenvalue weighted by molar-refractivity contribution is 7.87. The lowest BCUT2D eigenvalue weighted by Gasteiger charge is -2.22. The van der Waals surface area contributed by atoms with Crippen molar-refractivity contribution in [3.05, 3.63) is 96.1 Å². The molecule has 3 rings (SSSR count). The zero-order valence-corrected chi connectivity index (χ0v) is 19.3. The first-order chi connectivity index (χ1) is 16.3. The molecule has 34 heavy (non-hydrogen) atoms. The normalized spacial score (nSPS) is 12.9. The van der Waals surface area contributed by atoms with Crippen molar-refractivity contribution in [1.82, 2.24) is 0 Å². The van der Waals surface area contributed by atoms with Gasteiger partial charge in [0.2, 0.25) is 0 Å². The summed E-state index contributed by atoms with van der Waals surface area (Å²) in [6, 6.07) is 21.8. The second kappa shape index (κ2) is 11.4. The quantitative estimate of drug-likeness (QED) is 0.345. The van der Waals surface area contributed by atoms with Gasteiger partial charge in [-0.25, -0.2) is 0 Å². The topological polar surface area (TPSA) is 122 Å². The number of hydrogen-bond acceptors (Lipinski definition) is 8. The van der Waals surface area contributed by atoms with Crippen LogP contribution in [0.2, 0.25) is 0 Å². The Balaban J connectivity index is 1.79. The van der Waals surface area contributed by atoms with Gasteiger partial charge in [0.25, 0.3) is 0 Å². The minimum absolute atomic E-state index is 0.0153. The average Bonchev–Trinajstić information content (AvgIpc) is 2.85. The summed E-state index contributed by atoms with van der Waals surface area (Å²) in [5.74, 6) is -2.11. The minimum atomic E-state index is -4.02. The fourth-order valence-electron chi connectivity index (χ4n) is 3.26. The molecule has 3 aromatic rings. The summed E-state index contributed by atoms with van der Waals surface area (Å²) in [4.78, 5) is 24.7. The Morgan fingerprint density at radius 2 is 1.47 bits per heavy atom. The van der Waals surface area contributed by atoms with Crippen LogP contribution >= 0.6 is 0 Å². The fraction of sp³-hybridized carbons (Fsp3) is 0.200. The molecular formula is C25H25NO7S. The molecule has 0 saturated carbocycles. The molecule has 0 fully saturated rings. The summed E-state index contributed by atoms with van der Waals surface area (Å²) < 4.78 is 40.2. The van der Waals surface area contributed by atoms with E-state index in [1.807, 2.05) is 30.3 Å². The molecule has 0 aliphatic heterocycles. The van der Waals surface area contributed by atoms with Crippen LogP contribution in [0, 0.1) is 0 Å². The molecule has 2 atom stereocenters. The number of ether oxygens (including phenoxy) is 2. The van der Waals surface area contributed by atoms with E-state index in [9.17, 15) is 18.0 Å². The van der Waals surface area contributed by atoms with Crippen LogP contribution in [0.3, 0.4) is 0 Å². The Morgan fingerprint density at radius 3 is 2.06 bits per heavy atom. The van der Waals surface area contributed by atoms with E-state index in [1.165, 1.54) is 43.5 Å².